The van der Waals surface area contributed by atoms with Crippen LogP contribution in [0, 0.1) is 11.6 Å². The zero-order valence-electron chi connectivity index (χ0n) is 12.0. The molecule has 24 heavy (non-hydrogen) atoms. The monoisotopic (exact) mass is 329 g/mol. The summed E-state index contributed by atoms with van der Waals surface area (Å²) in [5.41, 5.74) is 1.10. The summed E-state index contributed by atoms with van der Waals surface area (Å²) in [6.07, 6.45) is 0. The lowest BCUT2D eigenvalue weighted by molar-refractivity contribution is 0.174. The fraction of sp³-hybridized carbons (Fsp3) is 0.0667. The molecule has 0 aliphatic carbocycles. The molecular weight excluding hydrogens is 320 g/mol. The van der Waals surface area contributed by atoms with Gasteiger partial charge in [0, 0.05) is 12.1 Å². The summed E-state index contributed by atoms with van der Waals surface area (Å²) in [5.74, 6) is 0.326. The van der Waals surface area contributed by atoms with Crippen molar-refractivity contribution in [1.29, 1.82) is 0 Å². The van der Waals surface area contributed by atoms with Gasteiger partial charge in [0.05, 0.1) is 11.0 Å². The quantitative estimate of drug-likeness (QED) is 0.591. The number of halogens is 2. The molecule has 4 aromatic rings. The van der Waals surface area contributed by atoms with Gasteiger partial charge >= 0.3 is 0 Å². The van der Waals surface area contributed by atoms with Crippen LogP contribution in [0.1, 0.15) is 0 Å². The van der Waals surface area contributed by atoms with E-state index in [1.165, 1.54) is 6.07 Å². The molecule has 2 aromatic carbocycles. The number of hydrogen-bond acceptors (Lipinski definition) is 5. The molecule has 1 aliphatic rings. The van der Waals surface area contributed by atoms with Crippen LogP contribution < -0.4 is 14.8 Å². The Balaban J connectivity index is 1.61. The van der Waals surface area contributed by atoms with Crippen LogP contribution >= 0.6 is 0 Å². The third-order valence-corrected chi connectivity index (χ3v) is 3.77. The van der Waals surface area contributed by atoms with E-state index in [-0.39, 0.29) is 18.4 Å². The van der Waals surface area contributed by atoms with Crippen LogP contribution in [0.4, 0.5) is 20.4 Å². The minimum Gasteiger partial charge on any atom is -0.454 e. The number of anilines is 2. The number of ether oxygens (including phenoxy) is 2. The smallest absolute Gasteiger partial charge is 0.253 e. The fourth-order valence-corrected chi connectivity index (χ4v) is 2.66. The number of aromatic amines is 1. The van der Waals surface area contributed by atoms with E-state index in [1.54, 1.807) is 16.6 Å². The number of fused-ring (bicyclic) bond motifs is 4. The maximum atomic E-state index is 13.7. The highest BCUT2D eigenvalue weighted by Gasteiger charge is 2.19. The number of nitrogens with one attached hydrogen (secondary N) is 2. The Morgan fingerprint density at radius 2 is 1.83 bits per heavy atom. The van der Waals surface area contributed by atoms with E-state index in [2.05, 4.69) is 20.4 Å². The van der Waals surface area contributed by atoms with Gasteiger partial charge in [0.25, 0.3) is 5.78 Å². The highest BCUT2D eigenvalue weighted by molar-refractivity contribution is 5.83. The van der Waals surface area contributed by atoms with Gasteiger partial charge in [-0.2, -0.15) is 4.98 Å². The van der Waals surface area contributed by atoms with Gasteiger partial charge in [0.1, 0.15) is 17.3 Å². The number of hydrogen-bond donors (Lipinski definition) is 2. The average Bonchev–Trinajstić information content (AvgIpc) is 3.22. The molecule has 0 saturated heterocycles. The van der Waals surface area contributed by atoms with Crippen molar-refractivity contribution in [3.05, 3.63) is 42.0 Å². The first-order valence-electron chi connectivity index (χ1n) is 7.08. The summed E-state index contributed by atoms with van der Waals surface area (Å²) in [6.45, 7) is 0.165. The normalized spacial score (nSPS) is 13.1. The van der Waals surface area contributed by atoms with E-state index in [4.69, 9.17) is 9.47 Å². The molecule has 5 rings (SSSR count). The predicted molar refractivity (Wildman–Crippen MR) is 80.6 cm³/mol. The van der Waals surface area contributed by atoms with Crippen LogP contribution in [0.5, 0.6) is 11.5 Å². The van der Waals surface area contributed by atoms with Gasteiger partial charge in [0.15, 0.2) is 11.5 Å². The standard InChI is InChI=1S/C15H9F2N5O2/c16-7-2-1-3-8(17)13(7)19-14-20-15-18-9-4-11-12(24-6-23-11)5-10(9)22(15)21-14/h1-5H,6H2,(H2,18,19,20,21). The van der Waals surface area contributed by atoms with E-state index in [1.807, 2.05) is 0 Å². The Labute approximate surface area is 132 Å². The third kappa shape index (κ3) is 1.81. The molecule has 2 N–H and O–H groups in total. The molecule has 0 spiro atoms. The van der Waals surface area contributed by atoms with E-state index in [0.717, 1.165) is 12.1 Å². The summed E-state index contributed by atoms with van der Waals surface area (Å²) in [7, 11) is 0. The van der Waals surface area contributed by atoms with Crippen LogP contribution in [0.3, 0.4) is 0 Å². The molecule has 9 heteroatoms. The van der Waals surface area contributed by atoms with Crippen LogP contribution in [0.25, 0.3) is 16.8 Å². The van der Waals surface area contributed by atoms with Crippen LogP contribution in [-0.2, 0) is 0 Å². The van der Waals surface area contributed by atoms with Gasteiger partial charge in [-0.3, -0.25) is 5.10 Å². The maximum Gasteiger partial charge on any atom is 0.253 e. The second kappa shape index (κ2) is 4.57. The number of rotatable bonds is 2. The van der Waals surface area contributed by atoms with E-state index in [0.29, 0.717) is 28.3 Å². The summed E-state index contributed by atoms with van der Waals surface area (Å²) >= 11 is 0. The van der Waals surface area contributed by atoms with Gasteiger partial charge in [-0.05, 0) is 12.1 Å². The fourth-order valence-electron chi connectivity index (χ4n) is 2.66. The molecule has 0 radical (unpaired) electrons. The van der Waals surface area contributed by atoms with Gasteiger partial charge in [-0.1, -0.05) is 6.07 Å². The molecule has 120 valence electrons. The van der Waals surface area contributed by atoms with Crippen molar-refractivity contribution in [3.8, 4) is 11.5 Å². The van der Waals surface area contributed by atoms with E-state index in [9.17, 15) is 8.78 Å². The first-order valence-corrected chi connectivity index (χ1v) is 7.08. The number of para-hydroxylation sites is 1. The summed E-state index contributed by atoms with van der Waals surface area (Å²) in [6, 6.07) is 7.14. The van der Waals surface area contributed by atoms with Crippen molar-refractivity contribution in [2.24, 2.45) is 0 Å². The molecule has 0 amide bonds. The van der Waals surface area contributed by atoms with Crippen molar-refractivity contribution < 1.29 is 18.3 Å². The van der Waals surface area contributed by atoms with Gasteiger partial charge in [0.2, 0.25) is 12.7 Å². The average molecular weight is 329 g/mol. The number of aromatic nitrogens is 4. The van der Waals surface area contributed by atoms with Gasteiger partial charge in [-0.15, -0.1) is 0 Å². The van der Waals surface area contributed by atoms with Crippen molar-refractivity contribution in [2.75, 3.05) is 12.1 Å². The van der Waals surface area contributed by atoms with E-state index < -0.39 is 11.6 Å². The highest BCUT2D eigenvalue weighted by Crippen LogP contribution is 2.36. The second-order valence-electron chi connectivity index (χ2n) is 5.24. The molecule has 0 bridgehead atoms. The number of H-pyrrole nitrogens is 1. The Morgan fingerprint density at radius 1 is 1.08 bits per heavy atom. The SMILES string of the molecule is Fc1cccc(F)c1Nc1nc2nc3cc4c(cc3n2[nH]1)OCO4. The van der Waals surface area contributed by atoms with Gasteiger partial charge < -0.3 is 14.8 Å². The van der Waals surface area contributed by atoms with Crippen LogP contribution in [-0.4, -0.2) is 26.4 Å². The number of benzene rings is 2. The third-order valence-electron chi connectivity index (χ3n) is 3.77. The lowest BCUT2D eigenvalue weighted by Gasteiger charge is -2.04. The molecular formula is C15H9F2N5O2. The molecule has 1 aliphatic heterocycles. The molecule has 2 aromatic heterocycles. The Hall–Kier alpha value is -3.36. The summed E-state index contributed by atoms with van der Waals surface area (Å²) in [4.78, 5) is 8.56. The van der Waals surface area contributed by atoms with E-state index >= 15 is 0 Å². The lowest BCUT2D eigenvalue weighted by Crippen LogP contribution is -1.99. The predicted octanol–water partition coefficient (Wildman–Crippen LogP) is 2.96. The summed E-state index contributed by atoms with van der Waals surface area (Å²) < 4.78 is 39.7. The maximum absolute atomic E-state index is 13.7. The number of imidazole rings is 1. The first kappa shape index (κ1) is 13.1. The second-order valence-corrected chi connectivity index (χ2v) is 5.24. The van der Waals surface area contributed by atoms with Crippen molar-refractivity contribution in [1.82, 2.24) is 19.6 Å². The molecule has 0 unspecified atom stereocenters. The molecule has 0 saturated carbocycles. The van der Waals surface area contributed by atoms with Crippen molar-refractivity contribution >= 4 is 28.4 Å². The lowest BCUT2D eigenvalue weighted by atomic mass is 10.3. The number of nitrogens with zero attached hydrogens (tertiary/aromatic N) is 3. The molecule has 0 atom stereocenters. The Bertz CT molecular complexity index is 1080. The Morgan fingerprint density at radius 3 is 2.62 bits per heavy atom. The molecule has 0 fully saturated rings. The highest BCUT2D eigenvalue weighted by atomic mass is 19.1. The molecule has 7 nitrogen and oxygen atoms in total. The first-order chi connectivity index (χ1) is 11.7. The topological polar surface area (TPSA) is 76.5 Å². The zero-order chi connectivity index (χ0) is 16.3. The zero-order valence-corrected chi connectivity index (χ0v) is 12.0. The minimum atomic E-state index is -0.711. The van der Waals surface area contributed by atoms with Crippen molar-refractivity contribution in [2.45, 2.75) is 0 Å². The van der Waals surface area contributed by atoms with Crippen LogP contribution in [0.15, 0.2) is 30.3 Å². The van der Waals surface area contributed by atoms with Crippen molar-refractivity contribution in [3.63, 3.8) is 0 Å². The van der Waals surface area contributed by atoms with Crippen LogP contribution in [0.2, 0.25) is 0 Å². The summed E-state index contributed by atoms with van der Waals surface area (Å²) in [5, 5.41) is 5.51. The Kier molecular flexibility index (Phi) is 2.50. The minimum absolute atomic E-state index is 0.165. The van der Waals surface area contributed by atoms with Gasteiger partial charge in [-0.25, -0.2) is 18.3 Å². The largest absolute Gasteiger partial charge is 0.454 e. The molecule has 3 heterocycles.